The molecule has 0 radical (unpaired) electrons. The van der Waals surface area contributed by atoms with Gasteiger partial charge in [0.2, 0.25) is 0 Å². The van der Waals surface area contributed by atoms with Gasteiger partial charge in [-0.3, -0.25) is 0 Å². The molecule has 0 aromatic rings. The lowest BCUT2D eigenvalue weighted by molar-refractivity contribution is 0.582. The molecule has 0 heterocycles. The Kier molecular flexibility index (Phi) is 5.61. The van der Waals surface area contributed by atoms with Gasteiger partial charge in [0.05, 0.1) is 0 Å². The van der Waals surface area contributed by atoms with E-state index in [0.717, 1.165) is 23.2 Å². The normalized spacial score (nSPS) is 13.2. The summed E-state index contributed by atoms with van der Waals surface area (Å²) in [6, 6.07) is 0. The van der Waals surface area contributed by atoms with Crippen molar-refractivity contribution in [1.82, 2.24) is 0 Å². The molecule has 54 valence electrons. The molecule has 0 aliphatic rings. The highest BCUT2D eigenvalue weighted by molar-refractivity contribution is 9.09. The molecule has 0 aliphatic carbocycles. The highest BCUT2D eigenvalue weighted by Gasteiger charge is 2.03. The summed E-state index contributed by atoms with van der Waals surface area (Å²) in [4.78, 5) is 0. The summed E-state index contributed by atoms with van der Waals surface area (Å²) in [7, 11) is 0. The lowest BCUT2D eigenvalue weighted by Crippen LogP contribution is -1.98. The highest BCUT2D eigenvalue weighted by atomic mass is 79.9. The Morgan fingerprint density at radius 1 is 1.78 bits per heavy atom. The van der Waals surface area contributed by atoms with Crippen molar-refractivity contribution >= 4 is 27.5 Å². The Balaban J connectivity index is 3.43. The highest BCUT2D eigenvalue weighted by Crippen LogP contribution is 2.18. The van der Waals surface area contributed by atoms with E-state index in [9.17, 15) is 0 Å². The number of hydrogen-bond donors (Lipinski definition) is 0. The molecule has 0 rings (SSSR count). The molecule has 0 aromatic heterocycles. The number of hydrogen-bond acceptors (Lipinski definition) is 0. The van der Waals surface area contributed by atoms with Crippen LogP contribution in [-0.4, -0.2) is 5.33 Å². The number of allylic oxidation sites excluding steroid dienone is 1. The zero-order chi connectivity index (χ0) is 7.28. The van der Waals surface area contributed by atoms with Gasteiger partial charge < -0.3 is 0 Å². The smallest absolute Gasteiger partial charge is 0.0112 e. The molecular formula is C7H12BrCl. The van der Waals surface area contributed by atoms with Crippen LogP contribution in [0.1, 0.15) is 19.8 Å². The second-order valence-corrected chi connectivity index (χ2v) is 3.33. The van der Waals surface area contributed by atoms with E-state index >= 15 is 0 Å². The third-order valence-corrected chi connectivity index (χ3v) is 2.38. The second-order valence-electron chi connectivity index (χ2n) is 2.15. The minimum Gasteiger partial charge on any atom is -0.0925 e. The van der Waals surface area contributed by atoms with E-state index in [2.05, 4.69) is 29.4 Å². The summed E-state index contributed by atoms with van der Waals surface area (Å²) in [5, 5.41) is 1.79. The third-order valence-electron chi connectivity index (χ3n) is 1.31. The minimum atomic E-state index is 0.662. The van der Waals surface area contributed by atoms with Crippen molar-refractivity contribution in [3.05, 3.63) is 11.6 Å². The van der Waals surface area contributed by atoms with E-state index in [1.165, 1.54) is 0 Å². The monoisotopic (exact) mass is 210 g/mol. The van der Waals surface area contributed by atoms with Gasteiger partial charge in [0.15, 0.2) is 0 Å². The quantitative estimate of drug-likeness (QED) is 0.624. The fourth-order valence-corrected chi connectivity index (χ4v) is 1.53. The van der Waals surface area contributed by atoms with Crippen LogP contribution >= 0.6 is 27.5 Å². The molecule has 0 aromatic carbocycles. The lowest BCUT2D eigenvalue weighted by Gasteiger charge is -2.08. The molecule has 0 spiro atoms. The lowest BCUT2D eigenvalue weighted by atomic mass is 10.1. The predicted octanol–water partition coefficient (Wildman–Crippen LogP) is 3.55. The van der Waals surface area contributed by atoms with Gasteiger partial charge in [0, 0.05) is 10.4 Å². The maximum Gasteiger partial charge on any atom is 0.0112 e. The van der Waals surface area contributed by atoms with Gasteiger partial charge in [-0.25, -0.2) is 0 Å². The topological polar surface area (TPSA) is 0 Å². The molecule has 0 saturated carbocycles. The van der Waals surface area contributed by atoms with Crippen molar-refractivity contribution in [2.75, 3.05) is 5.33 Å². The van der Waals surface area contributed by atoms with Crippen molar-refractivity contribution in [3.63, 3.8) is 0 Å². The summed E-state index contributed by atoms with van der Waals surface area (Å²) in [6.07, 6.45) is 2.10. The number of alkyl halides is 1. The largest absolute Gasteiger partial charge is 0.0925 e. The average Bonchev–Trinajstić information content (AvgIpc) is 1.82. The third kappa shape index (κ3) is 4.98. The Bertz CT molecular complexity index is 86.9. The van der Waals surface area contributed by atoms with Crippen LogP contribution in [0.4, 0.5) is 0 Å². The molecule has 0 fully saturated rings. The van der Waals surface area contributed by atoms with Crippen LogP contribution in [0, 0.1) is 5.92 Å². The van der Waals surface area contributed by atoms with Crippen LogP contribution in [0.15, 0.2) is 11.6 Å². The number of halogens is 2. The summed E-state index contributed by atoms with van der Waals surface area (Å²) in [5.41, 5.74) is 0. The first-order valence-electron chi connectivity index (χ1n) is 3.10. The Morgan fingerprint density at radius 2 is 2.33 bits per heavy atom. The van der Waals surface area contributed by atoms with E-state index in [0.29, 0.717) is 5.92 Å². The zero-order valence-corrected chi connectivity index (χ0v) is 8.00. The Hall–Kier alpha value is 0.510. The van der Waals surface area contributed by atoms with Crippen molar-refractivity contribution in [2.45, 2.75) is 19.8 Å². The average molecular weight is 212 g/mol. The van der Waals surface area contributed by atoms with Crippen molar-refractivity contribution in [3.8, 4) is 0 Å². The number of rotatable bonds is 4. The van der Waals surface area contributed by atoms with Crippen LogP contribution in [0.2, 0.25) is 0 Å². The van der Waals surface area contributed by atoms with Crippen LogP contribution in [-0.2, 0) is 0 Å². The van der Waals surface area contributed by atoms with Crippen LogP contribution in [0.25, 0.3) is 0 Å². The van der Waals surface area contributed by atoms with E-state index < -0.39 is 0 Å². The first kappa shape index (κ1) is 9.51. The Labute approximate surface area is 70.4 Å². The molecule has 0 saturated heterocycles. The summed E-state index contributed by atoms with van der Waals surface area (Å²) in [6.45, 7) is 5.79. The molecule has 1 atom stereocenters. The SMILES string of the molecule is C=C(Cl)CC(CC)CBr. The molecule has 0 aliphatic heterocycles. The van der Waals surface area contributed by atoms with Gasteiger partial charge in [-0.2, -0.15) is 0 Å². The van der Waals surface area contributed by atoms with Gasteiger partial charge in [-0.05, 0) is 12.3 Å². The minimum absolute atomic E-state index is 0.662. The first-order valence-corrected chi connectivity index (χ1v) is 4.59. The van der Waals surface area contributed by atoms with Gasteiger partial charge in [-0.1, -0.05) is 47.5 Å². The predicted molar refractivity (Wildman–Crippen MR) is 47.2 cm³/mol. The molecular weight excluding hydrogens is 199 g/mol. The summed E-state index contributed by atoms with van der Waals surface area (Å²) < 4.78 is 0. The maximum absolute atomic E-state index is 5.61. The zero-order valence-electron chi connectivity index (χ0n) is 5.66. The van der Waals surface area contributed by atoms with E-state index in [1.54, 1.807) is 0 Å². The van der Waals surface area contributed by atoms with Crippen molar-refractivity contribution in [1.29, 1.82) is 0 Å². The first-order chi connectivity index (χ1) is 4.20. The molecule has 1 unspecified atom stereocenters. The molecule has 0 amide bonds. The van der Waals surface area contributed by atoms with Crippen molar-refractivity contribution in [2.24, 2.45) is 5.92 Å². The molecule has 0 nitrogen and oxygen atoms in total. The van der Waals surface area contributed by atoms with Crippen LogP contribution in [0.5, 0.6) is 0 Å². The van der Waals surface area contributed by atoms with Gasteiger partial charge in [-0.15, -0.1) is 0 Å². The van der Waals surface area contributed by atoms with Crippen molar-refractivity contribution < 1.29 is 0 Å². The van der Waals surface area contributed by atoms with E-state index in [-0.39, 0.29) is 0 Å². The van der Waals surface area contributed by atoms with Crippen LogP contribution in [0.3, 0.4) is 0 Å². The molecule has 2 heteroatoms. The van der Waals surface area contributed by atoms with Gasteiger partial charge in [0.1, 0.15) is 0 Å². The fraction of sp³-hybridized carbons (Fsp3) is 0.714. The van der Waals surface area contributed by atoms with Gasteiger partial charge in [0.25, 0.3) is 0 Å². The molecule has 9 heavy (non-hydrogen) atoms. The van der Waals surface area contributed by atoms with E-state index in [4.69, 9.17) is 11.6 Å². The fourth-order valence-electron chi connectivity index (χ4n) is 0.621. The standard InChI is InChI=1S/C7H12BrCl/c1-3-7(5-8)4-6(2)9/h7H,2-5H2,1H3. The maximum atomic E-state index is 5.61. The second kappa shape index (κ2) is 5.31. The summed E-state index contributed by atoms with van der Waals surface area (Å²) in [5.74, 6) is 0.662. The summed E-state index contributed by atoms with van der Waals surface area (Å²) >= 11 is 9.02. The van der Waals surface area contributed by atoms with E-state index in [1.807, 2.05) is 0 Å². The Morgan fingerprint density at radius 3 is 2.44 bits per heavy atom. The van der Waals surface area contributed by atoms with Crippen LogP contribution < -0.4 is 0 Å². The van der Waals surface area contributed by atoms with Gasteiger partial charge >= 0.3 is 0 Å². The molecule has 0 bridgehead atoms. The molecule has 0 N–H and O–H groups in total.